The van der Waals surface area contributed by atoms with Gasteiger partial charge in [0.05, 0.1) is 17.3 Å². The van der Waals surface area contributed by atoms with Crippen molar-refractivity contribution in [1.29, 1.82) is 0 Å². The number of benzene rings is 2. The van der Waals surface area contributed by atoms with Crippen LogP contribution in [0.3, 0.4) is 0 Å². The van der Waals surface area contributed by atoms with E-state index in [-0.39, 0.29) is 29.8 Å². The molecule has 7 nitrogen and oxygen atoms in total. The second kappa shape index (κ2) is 9.42. The lowest BCUT2D eigenvalue weighted by Gasteiger charge is -2.09. The van der Waals surface area contributed by atoms with Gasteiger partial charge >= 0.3 is 6.55 Å². The second-order valence-corrected chi connectivity index (χ2v) is 7.03. The molecule has 9 heteroatoms. The number of anilines is 1. The van der Waals surface area contributed by atoms with Gasteiger partial charge in [-0.05, 0) is 55.0 Å². The zero-order chi connectivity index (χ0) is 22.5. The van der Waals surface area contributed by atoms with Crippen LogP contribution in [0.2, 0.25) is 0 Å². The molecule has 0 aliphatic carbocycles. The molecule has 0 saturated heterocycles. The molecular weight excluding hydrogens is 418 g/mol. The van der Waals surface area contributed by atoms with E-state index in [4.69, 9.17) is 4.42 Å². The summed E-state index contributed by atoms with van der Waals surface area (Å²) in [4.78, 5) is 28.2. The zero-order valence-electron chi connectivity index (χ0n) is 16.9. The number of carbonyl (C=O) groups is 2. The lowest BCUT2D eigenvalue weighted by Crippen LogP contribution is -2.25. The zero-order valence-corrected chi connectivity index (χ0v) is 16.9. The number of para-hydroxylation sites is 2. The van der Waals surface area contributed by atoms with Gasteiger partial charge in [0.25, 0.3) is 5.91 Å². The third-order valence-electron chi connectivity index (χ3n) is 4.83. The van der Waals surface area contributed by atoms with Crippen molar-refractivity contribution in [3.05, 3.63) is 72.7 Å². The Morgan fingerprint density at radius 1 is 1.03 bits per heavy atom. The van der Waals surface area contributed by atoms with E-state index < -0.39 is 6.55 Å². The molecule has 0 spiro atoms. The van der Waals surface area contributed by atoms with Crippen molar-refractivity contribution in [3.63, 3.8) is 0 Å². The van der Waals surface area contributed by atoms with Crippen LogP contribution in [0.4, 0.5) is 14.5 Å². The molecule has 0 aliphatic heterocycles. The highest BCUT2D eigenvalue weighted by Gasteiger charge is 2.18. The van der Waals surface area contributed by atoms with E-state index in [2.05, 4.69) is 15.6 Å². The predicted octanol–water partition coefficient (Wildman–Crippen LogP) is 4.84. The second-order valence-electron chi connectivity index (χ2n) is 7.03. The van der Waals surface area contributed by atoms with Gasteiger partial charge in [-0.2, -0.15) is 8.78 Å². The number of imidazole rings is 1. The van der Waals surface area contributed by atoms with Crippen molar-refractivity contribution in [2.24, 2.45) is 0 Å². The van der Waals surface area contributed by atoms with Crippen molar-refractivity contribution in [1.82, 2.24) is 14.9 Å². The molecule has 2 N–H and O–H groups in total. The third kappa shape index (κ3) is 4.66. The highest BCUT2D eigenvalue weighted by atomic mass is 19.3. The van der Waals surface area contributed by atoms with Gasteiger partial charge in [0.2, 0.25) is 5.91 Å². The fourth-order valence-electron chi connectivity index (χ4n) is 3.32. The van der Waals surface area contributed by atoms with E-state index in [0.717, 1.165) is 4.57 Å². The normalized spacial score (nSPS) is 11.1. The largest absolute Gasteiger partial charge is 0.459 e. The van der Waals surface area contributed by atoms with Crippen LogP contribution >= 0.6 is 0 Å². The predicted molar refractivity (Wildman–Crippen MR) is 115 cm³/mol. The summed E-state index contributed by atoms with van der Waals surface area (Å²) in [6.07, 6.45) is 2.08. The highest BCUT2D eigenvalue weighted by Crippen LogP contribution is 2.30. The van der Waals surface area contributed by atoms with E-state index in [1.165, 1.54) is 6.26 Å². The summed E-state index contributed by atoms with van der Waals surface area (Å²) in [6.45, 7) is -2.40. The van der Waals surface area contributed by atoms with Crippen molar-refractivity contribution in [2.45, 2.75) is 19.4 Å². The maximum Gasteiger partial charge on any atom is 0.320 e. The van der Waals surface area contributed by atoms with Crippen LogP contribution in [0.1, 0.15) is 29.9 Å². The summed E-state index contributed by atoms with van der Waals surface area (Å²) >= 11 is 0. The summed E-state index contributed by atoms with van der Waals surface area (Å²) in [6, 6.07) is 16.5. The maximum atomic E-state index is 13.6. The van der Waals surface area contributed by atoms with Crippen molar-refractivity contribution in [3.8, 4) is 11.4 Å². The summed E-state index contributed by atoms with van der Waals surface area (Å²) in [7, 11) is 0. The number of hydrogen-bond acceptors (Lipinski definition) is 4. The minimum absolute atomic E-state index is 0.159. The molecule has 2 aromatic carbocycles. The fraction of sp³-hybridized carbons (Fsp3) is 0.174. The molecule has 164 valence electrons. The lowest BCUT2D eigenvalue weighted by atomic mass is 10.2. The van der Waals surface area contributed by atoms with Gasteiger partial charge in [0, 0.05) is 24.2 Å². The van der Waals surface area contributed by atoms with Crippen molar-refractivity contribution in [2.75, 3.05) is 11.9 Å². The molecule has 0 atom stereocenters. The quantitative estimate of drug-likeness (QED) is 0.385. The summed E-state index contributed by atoms with van der Waals surface area (Å²) in [5.41, 5.74) is 1.89. The summed E-state index contributed by atoms with van der Waals surface area (Å²) in [5, 5.41) is 5.43. The van der Waals surface area contributed by atoms with Crippen molar-refractivity contribution >= 4 is 28.5 Å². The van der Waals surface area contributed by atoms with Gasteiger partial charge < -0.3 is 15.1 Å². The van der Waals surface area contributed by atoms with Crippen LogP contribution in [0.15, 0.2) is 71.3 Å². The van der Waals surface area contributed by atoms with Crippen LogP contribution < -0.4 is 10.6 Å². The molecule has 0 saturated carbocycles. The summed E-state index contributed by atoms with van der Waals surface area (Å²) < 4.78 is 33.2. The Balaban J connectivity index is 1.34. The molecule has 0 unspecified atom stereocenters. The van der Waals surface area contributed by atoms with Crippen molar-refractivity contribution < 1.29 is 22.8 Å². The third-order valence-corrected chi connectivity index (χ3v) is 4.83. The molecule has 0 radical (unpaired) electrons. The molecule has 0 bridgehead atoms. The summed E-state index contributed by atoms with van der Waals surface area (Å²) in [5.74, 6) is -0.174. The minimum atomic E-state index is -2.73. The molecule has 4 rings (SSSR count). The van der Waals surface area contributed by atoms with E-state index in [0.29, 0.717) is 35.2 Å². The minimum Gasteiger partial charge on any atom is -0.459 e. The average Bonchev–Trinajstić information content (AvgIpc) is 3.45. The smallest absolute Gasteiger partial charge is 0.320 e. The molecule has 0 aliphatic rings. The maximum absolute atomic E-state index is 13.6. The molecule has 2 heterocycles. The molecule has 2 amide bonds. The number of hydrogen-bond donors (Lipinski definition) is 2. The topological polar surface area (TPSA) is 89.2 Å². The number of alkyl halides is 2. The molecule has 0 fully saturated rings. The number of fused-ring (bicyclic) bond motifs is 1. The van der Waals surface area contributed by atoms with Crippen LogP contribution in [0, 0.1) is 0 Å². The van der Waals surface area contributed by atoms with Gasteiger partial charge in [-0.3, -0.25) is 14.2 Å². The van der Waals surface area contributed by atoms with Gasteiger partial charge in [-0.1, -0.05) is 12.1 Å². The fourth-order valence-corrected chi connectivity index (χ4v) is 3.32. The van der Waals surface area contributed by atoms with E-state index in [1.54, 1.807) is 60.7 Å². The highest BCUT2D eigenvalue weighted by molar-refractivity contribution is 5.92. The van der Waals surface area contributed by atoms with Gasteiger partial charge in [-0.25, -0.2) is 4.98 Å². The SMILES string of the molecule is O=C(CCCNC(=O)c1ccco1)Nc1ccc(-c2nc3ccccc3n2C(F)F)cc1. The Morgan fingerprint density at radius 3 is 2.53 bits per heavy atom. The monoisotopic (exact) mass is 438 g/mol. The number of halogens is 2. The number of aromatic nitrogens is 2. The first-order valence-corrected chi connectivity index (χ1v) is 10.00. The van der Waals surface area contributed by atoms with Gasteiger partial charge in [0.1, 0.15) is 5.82 Å². The first-order valence-electron chi connectivity index (χ1n) is 10.00. The number of amides is 2. The molecular formula is C23H20F2N4O3. The average molecular weight is 438 g/mol. The van der Waals surface area contributed by atoms with Crippen LogP contribution in [0.5, 0.6) is 0 Å². The first-order chi connectivity index (χ1) is 15.5. The van der Waals surface area contributed by atoms with Gasteiger partial charge in [0.15, 0.2) is 5.76 Å². The van der Waals surface area contributed by atoms with Crippen LogP contribution in [-0.2, 0) is 4.79 Å². The molecule has 2 aromatic heterocycles. The number of rotatable bonds is 8. The lowest BCUT2D eigenvalue weighted by molar-refractivity contribution is -0.116. The Kier molecular flexibility index (Phi) is 6.25. The van der Waals surface area contributed by atoms with Crippen LogP contribution in [-0.4, -0.2) is 27.9 Å². The Morgan fingerprint density at radius 2 is 1.81 bits per heavy atom. The number of carbonyl (C=O) groups excluding carboxylic acids is 2. The Bertz CT molecular complexity index is 1220. The van der Waals surface area contributed by atoms with Gasteiger partial charge in [-0.15, -0.1) is 0 Å². The number of nitrogens with zero attached hydrogens (tertiary/aromatic N) is 2. The first kappa shape index (κ1) is 21.2. The Labute approximate surface area is 182 Å². The Hall–Kier alpha value is -4.01. The number of furan rings is 1. The van der Waals surface area contributed by atoms with Crippen LogP contribution in [0.25, 0.3) is 22.4 Å². The van der Waals surface area contributed by atoms with E-state index >= 15 is 0 Å². The molecule has 32 heavy (non-hydrogen) atoms. The van der Waals surface area contributed by atoms with E-state index in [1.807, 2.05) is 0 Å². The van der Waals surface area contributed by atoms with E-state index in [9.17, 15) is 18.4 Å². The molecule has 4 aromatic rings. The standard InChI is InChI=1S/C23H20F2N4O3/c24-23(25)29-18-6-2-1-5-17(18)28-21(29)15-9-11-16(12-10-15)27-20(30)8-3-13-26-22(31)19-7-4-14-32-19/h1-2,4-7,9-12,14,23H,3,8,13H2,(H,26,31)(H,27,30). The number of nitrogens with one attached hydrogen (secondary N) is 2.